The number of hydrogen-bond acceptors (Lipinski definition) is 2. The second-order valence-corrected chi connectivity index (χ2v) is 5.52. The molecule has 0 bridgehead atoms. The van der Waals surface area contributed by atoms with E-state index in [0.29, 0.717) is 0 Å². The van der Waals surface area contributed by atoms with Gasteiger partial charge in [-0.3, -0.25) is 4.99 Å². The molecule has 2 rings (SSSR count). The average molecular weight is 303 g/mol. The van der Waals surface area contributed by atoms with Crippen molar-refractivity contribution in [1.29, 1.82) is 0 Å². The zero-order valence-corrected chi connectivity index (χ0v) is 12.9. The van der Waals surface area contributed by atoms with Crippen molar-refractivity contribution in [3.8, 4) is 0 Å². The molecule has 2 N–H and O–H groups in total. The third-order valence-electron chi connectivity index (χ3n) is 2.89. The molecule has 5 heteroatoms. The molecule has 21 heavy (non-hydrogen) atoms. The number of rotatable bonds is 4. The van der Waals surface area contributed by atoms with Crippen LogP contribution >= 0.6 is 11.8 Å². The lowest BCUT2D eigenvalue weighted by Gasteiger charge is -2.09. The summed E-state index contributed by atoms with van der Waals surface area (Å²) in [5.74, 6) is 0.554. The van der Waals surface area contributed by atoms with Gasteiger partial charge in [0.25, 0.3) is 0 Å². The molecule has 0 saturated heterocycles. The minimum Gasteiger partial charge on any atom is -0.359 e. The minimum absolute atomic E-state index is 0.210. The van der Waals surface area contributed by atoms with Crippen LogP contribution in [0.25, 0.3) is 0 Å². The second kappa shape index (κ2) is 7.69. The molecule has 0 aliphatic rings. The molecule has 0 saturated carbocycles. The van der Waals surface area contributed by atoms with Crippen molar-refractivity contribution in [2.24, 2.45) is 4.99 Å². The van der Waals surface area contributed by atoms with E-state index in [9.17, 15) is 4.39 Å². The molecule has 0 unspecified atom stereocenters. The SMILES string of the molecule is CN=C(NC)NCc1ccc(Sc2ccc(F)cc2)cc1. The molecular weight excluding hydrogens is 285 g/mol. The van der Waals surface area contributed by atoms with E-state index in [1.165, 1.54) is 17.7 Å². The lowest BCUT2D eigenvalue weighted by molar-refractivity contribution is 0.626. The van der Waals surface area contributed by atoms with E-state index >= 15 is 0 Å². The Kier molecular flexibility index (Phi) is 5.63. The zero-order chi connectivity index (χ0) is 15.1. The Bertz CT molecular complexity index is 594. The van der Waals surface area contributed by atoms with E-state index in [0.717, 1.165) is 22.3 Å². The molecule has 0 aliphatic carbocycles. The highest BCUT2D eigenvalue weighted by Gasteiger charge is 2.00. The van der Waals surface area contributed by atoms with Gasteiger partial charge in [0.1, 0.15) is 5.82 Å². The van der Waals surface area contributed by atoms with Crippen molar-refractivity contribution in [1.82, 2.24) is 10.6 Å². The first-order valence-corrected chi connectivity index (χ1v) is 7.43. The number of hydrogen-bond donors (Lipinski definition) is 2. The van der Waals surface area contributed by atoms with E-state index in [1.807, 2.05) is 7.05 Å². The molecular formula is C16H18FN3S. The molecule has 0 radical (unpaired) electrons. The van der Waals surface area contributed by atoms with Crippen LogP contribution in [0.3, 0.4) is 0 Å². The third-order valence-corrected chi connectivity index (χ3v) is 3.91. The number of nitrogens with zero attached hydrogens (tertiary/aromatic N) is 1. The first kappa shape index (κ1) is 15.4. The van der Waals surface area contributed by atoms with Gasteiger partial charge < -0.3 is 10.6 Å². The lowest BCUT2D eigenvalue weighted by atomic mass is 10.2. The smallest absolute Gasteiger partial charge is 0.190 e. The van der Waals surface area contributed by atoms with Crippen molar-refractivity contribution in [3.63, 3.8) is 0 Å². The summed E-state index contributed by atoms with van der Waals surface area (Å²) < 4.78 is 12.9. The van der Waals surface area contributed by atoms with E-state index < -0.39 is 0 Å². The monoisotopic (exact) mass is 303 g/mol. The van der Waals surface area contributed by atoms with Gasteiger partial charge in [-0.05, 0) is 42.0 Å². The summed E-state index contributed by atoms with van der Waals surface area (Å²) in [7, 11) is 3.57. The van der Waals surface area contributed by atoms with E-state index in [4.69, 9.17) is 0 Å². The summed E-state index contributed by atoms with van der Waals surface area (Å²) >= 11 is 1.62. The molecule has 2 aromatic rings. The lowest BCUT2D eigenvalue weighted by Crippen LogP contribution is -2.34. The highest BCUT2D eigenvalue weighted by Crippen LogP contribution is 2.27. The summed E-state index contributed by atoms with van der Waals surface area (Å²) in [6, 6.07) is 14.8. The Morgan fingerprint density at radius 1 is 1.05 bits per heavy atom. The topological polar surface area (TPSA) is 36.4 Å². The maximum Gasteiger partial charge on any atom is 0.190 e. The van der Waals surface area contributed by atoms with Crippen LogP contribution in [0.2, 0.25) is 0 Å². The maximum absolute atomic E-state index is 12.9. The predicted molar refractivity (Wildman–Crippen MR) is 86.2 cm³/mol. The minimum atomic E-state index is -0.210. The van der Waals surface area contributed by atoms with Crippen LogP contribution in [0.4, 0.5) is 4.39 Å². The Hall–Kier alpha value is -2.01. The number of halogens is 1. The number of aliphatic imine (C=N–C) groups is 1. The van der Waals surface area contributed by atoms with Crippen molar-refractivity contribution in [3.05, 3.63) is 59.9 Å². The summed E-state index contributed by atoms with van der Waals surface area (Å²) in [5.41, 5.74) is 1.18. The summed E-state index contributed by atoms with van der Waals surface area (Å²) in [6.45, 7) is 0.717. The quantitative estimate of drug-likeness (QED) is 0.672. The fourth-order valence-corrected chi connectivity index (χ4v) is 2.60. The summed E-state index contributed by atoms with van der Waals surface area (Å²) in [4.78, 5) is 6.22. The molecule has 2 aromatic carbocycles. The Morgan fingerprint density at radius 2 is 1.62 bits per heavy atom. The predicted octanol–water partition coefficient (Wildman–Crippen LogP) is 3.27. The van der Waals surface area contributed by atoms with Crippen LogP contribution in [0.5, 0.6) is 0 Å². The second-order valence-electron chi connectivity index (χ2n) is 4.38. The van der Waals surface area contributed by atoms with E-state index in [-0.39, 0.29) is 5.82 Å². The molecule has 0 spiro atoms. The first-order valence-electron chi connectivity index (χ1n) is 6.62. The average Bonchev–Trinajstić information content (AvgIpc) is 2.52. The number of guanidine groups is 1. The Balaban J connectivity index is 1.94. The molecule has 0 amide bonds. The normalized spacial score (nSPS) is 11.3. The molecule has 0 fully saturated rings. The van der Waals surface area contributed by atoms with Crippen molar-refractivity contribution < 1.29 is 4.39 Å². The van der Waals surface area contributed by atoms with E-state index in [2.05, 4.69) is 39.9 Å². The van der Waals surface area contributed by atoms with Gasteiger partial charge >= 0.3 is 0 Å². The first-order chi connectivity index (χ1) is 10.2. The highest BCUT2D eigenvalue weighted by molar-refractivity contribution is 7.99. The molecule has 0 heterocycles. The van der Waals surface area contributed by atoms with Crippen molar-refractivity contribution >= 4 is 17.7 Å². The van der Waals surface area contributed by atoms with Gasteiger partial charge in [-0.25, -0.2) is 4.39 Å². The molecule has 110 valence electrons. The zero-order valence-electron chi connectivity index (χ0n) is 12.1. The summed E-state index contributed by atoms with van der Waals surface area (Å²) in [5, 5.41) is 6.18. The fraction of sp³-hybridized carbons (Fsp3) is 0.188. The van der Waals surface area contributed by atoms with Gasteiger partial charge in [-0.1, -0.05) is 23.9 Å². The van der Waals surface area contributed by atoms with Gasteiger partial charge in [0, 0.05) is 30.4 Å². The van der Waals surface area contributed by atoms with Gasteiger partial charge in [0.2, 0.25) is 0 Å². The van der Waals surface area contributed by atoms with Gasteiger partial charge in [0.15, 0.2) is 5.96 Å². The van der Waals surface area contributed by atoms with Crippen LogP contribution in [0.1, 0.15) is 5.56 Å². The van der Waals surface area contributed by atoms with Crippen molar-refractivity contribution in [2.75, 3.05) is 14.1 Å². The van der Waals surface area contributed by atoms with Crippen LogP contribution in [0.15, 0.2) is 63.3 Å². The van der Waals surface area contributed by atoms with Crippen LogP contribution < -0.4 is 10.6 Å². The maximum atomic E-state index is 12.9. The van der Waals surface area contributed by atoms with E-state index in [1.54, 1.807) is 30.9 Å². The number of nitrogens with one attached hydrogen (secondary N) is 2. The van der Waals surface area contributed by atoms with Gasteiger partial charge in [0.05, 0.1) is 0 Å². The highest BCUT2D eigenvalue weighted by atomic mass is 32.2. The Morgan fingerprint density at radius 3 is 2.14 bits per heavy atom. The third kappa shape index (κ3) is 4.79. The molecule has 0 atom stereocenters. The van der Waals surface area contributed by atoms with Crippen molar-refractivity contribution in [2.45, 2.75) is 16.3 Å². The standard InChI is InChI=1S/C16H18FN3S/c1-18-16(19-2)20-11-12-3-7-14(8-4-12)21-15-9-5-13(17)6-10-15/h3-10H,11H2,1-2H3,(H2,18,19,20). The fourth-order valence-electron chi connectivity index (χ4n) is 1.78. The van der Waals surface area contributed by atoms with Crippen LogP contribution in [-0.2, 0) is 6.54 Å². The van der Waals surface area contributed by atoms with Gasteiger partial charge in [-0.15, -0.1) is 0 Å². The molecule has 0 aliphatic heterocycles. The van der Waals surface area contributed by atoms with Crippen LogP contribution in [-0.4, -0.2) is 20.1 Å². The number of benzene rings is 2. The van der Waals surface area contributed by atoms with Gasteiger partial charge in [-0.2, -0.15) is 0 Å². The van der Waals surface area contributed by atoms with Crippen LogP contribution in [0, 0.1) is 5.82 Å². The molecule has 3 nitrogen and oxygen atoms in total. The summed E-state index contributed by atoms with van der Waals surface area (Å²) in [6.07, 6.45) is 0. The largest absolute Gasteiger partial charge is 0.359 e. The molecule has 0 aromatic heterocycles. The Labute approximate surface area is 128 Å².